The molecule has 0 atom stereocenters. The molecule has 1 aliphatic carbocycles. The zero-order valence-electron chi connectivity index (χ0n) is 7.99. The molecule has 76 valence electrons. The Labute approximate surface area is 86.2 Å². The first-order chi connectivity index (χ1) is 6.66. The predicted octanol–water partition coefficient (Wildman–Crippen LogP) is 1.15. The minimum absolute atomic E-state index is 0.0202. The van der Waals surface area contributed by atoms with Gasteiger partial charge in [0, 0.05) is 11.9 Å². The average molecular weight is 212 g/mol. The van der Waals surface area contributed by atoms with Crippen molar-refractivity contribution in [2.24, 2.45) is 0 Å². The van der Waals surface area contributed by atoms with E-state index in [9.17, 15) is 4.79 Å². The molecule has 4 nitrogen and oxygen atoms in total. The maximum Gasteiger partial charge on any atom is 0.323 e. The smallest absolute Gasteiger partial charge is 0.323 e. The predicted molar refractivity (Wildman–Crippen MR) is 55.0 cm³/mol. The lowest BCUT2D eigenvalue weighted by Crippen LogP contribution is -2.24. The van der Waals surface area contributed by atoms with Crippen LogP contribution in [-0.2, 0) is 17.6 Å². The number of aliphatic carboxylic acids is 1. The lowest BCUT2D eigenvalue weighted by molar-refractivity contribution is -0.135. The van der Waals surface area contributed by atoms with Crippen LogP contribution in [0, 0.1) is 0 Å². The highest BCUT2D eigenvalue weighted by molar-refractivity contribution is 7.15. The van der Waals surface area contributed by atoms with Crippen LogP contribution in [0.15, 0.2) is 0 Å². The highest BCUT2D eigenvalue weighted by Gasteiger charge is 2.19. The maximum absolute atomic E-state index is 10.5. The van der Waals surface area contributed by atoms with E-state index in [1.807, 2.05) is 0 Å². The molecule has 0 saturated heterocycles. The number of carbonyl (C=O) groups is 1. The Morgan fingerprint density at radius 3 is 3.07 bits per heavy atom. The van der Waals surface area contributed by atoms with Crippen molar-refractivity contribution in [3.05, 3.63) is 10.6 Å². The van der Waals surface area contributed by atoms with Crippen LogP contribution in [0.1, 0.15) is 17.0 Å². The second kappa shape index (κ2) is 3.57. The molecule has 1 heterocycles. The molecule has 1 aromatic heterocycles. The number of aromatic nitrogens is 1. The zero-order valence-corrected chi connectivity index (χ0v) is 8.80. The molecule has 1 N–H and O–H groups in total. The molecular weight excluding hydrogens is 200 g/mol. The molecule has 0 radical (unpaired) electrons. The van der Waals surface area contributed by atoms with E-state index in [0.29, 0.717) is 0 Å². The summed E-state index contributed by atoms with van der Waals surface area (Å²) in [5.41, 5.74) is 1.17. The number of nitrogens with zero attached hydrogens (tertiary/aromatic N) is 2. The van der Waals surface area contributed by atoms with Gasteiger partial charge >= 0.3 is 5.97 Å². The van der Waals surface area contributed by atoms with Crippen molar-refractivity contribution in [2.45, 2.75) is 19.3 Å². The Morgan fingerprint density at radius 2 is 2.43 bits per heavy atom. The molecule has 2 rings (SSSR count). The summed E-state index contributed by atoms with van der Waals surface area (Å²) >= 11 is 1.62. The van der Waals surface area contributed by atoms with Gasteiger partial charge in [0.2, 0.25) is 0 Å². The van der Waals surface area contributed by atoms with E-state index in [-0.39, 0.29) is 6.54 Å². The van der Waals surface area contributed by atoms with Gasteiger partial charge in [0.15, 0.2) is 5.13 Å². The van der Waals surface area contributed by atoms with Crippen LogP contribution in [0.2, 0.25) is 0 Å². The van der Waals surface area contributed by atoms with Crippen LogP contribution in [0.25, 0.3) is 0 Å². The van der Waals surface area contributed by atoms with Crippen molar-refractivity contribution in [3.8, 4) is 0 Å². The topological polar surface area (TPSA) is 53.4 Å². The molecule has 14 heavy (non-hydrogen) atoms. The van der Waals surface area contributed by atoms with Gasteiger partial charge in [-0.25, -0.2) is 4.98 Å². The van der Waals surface area contributed by atoms with E-state index in [1.54, 1.807) is 23.3 Å². The third-order valence-corrected chi connectivity index (χ3v) is 3.56. The third kappa shape index (κ3) is 1.72. The minimum Gasteiger partial charge on any atom is -0.480 e. The van der Waals surface area contributed by atoms with Crippen molar-refractivity contribution in [1.29, 1.82) is 0 Å². The second-order valence-corrected chi connectivity index (χ2v) is 4.53. The summed E-state index contributed by atoms with van der Waals surface area (Å²) < 4.78 is 0. The number of rotatable bonds is 3. The van der Waals surface area contributed by atoms with Crippen molar-refractivity contribution >= 4 is 22.4 Å². The van der Waals surface area contributed by atoms with Crippen molar-refractivity contribution in [3.63, 3.8) is 0 Å². The van der Waals surface area contributed by atoms with Crippen molar-refractivity contribution in [2.75, 3.05) is 18.5 Å². The number of fused-ring (bicyclic) bond motifs is 1. The van der Waals surface area contributed by atoms with Crippen LogP contribution in [0.3, 0.4) is 0 Å². The van der Waals surface area contributed by atoms with Gasteiger partial charge in [-0.05, 0) is 19.3 Å². The molecular formula is C9H12N2O2S. The number of thiazole rings is 1. The summed E-state index contributed by atoms with van der Waals surface area (Å²) in [7, 11) is 1.77. The number of anilines is 1. The van der Waals surface area contributed by atoms with Crippen molar-refractivity contribution in [1.82, 2.24) is 4.98 Å². The molecule has 0 saturated carbocycles. The Balaban J connectivity index is 2.13. The monoisotopic (exact) mass is 212 g/mol. The van der Waals surface area contributed by atoms with Gasteiger partial charge in [-0.15, -0.1) is 11.3 Å². The SMILES string of the molecule is CN(CC(=O)O)c1nc2c(s1)CCC2. The fourth-order valence-electron chi connectivity index (χ4n) is 1.61. The van der Waals surface area contributed by atoms with Gasteiger partial charge in [0.25, 0.3) is 0 Å². The fourth-order valence-corrected chi connectivity index (χ4v) is 2.72. The van der Waals surface area contributed by atoms with Gasteiger partial charge in [-0.2, -0.15) is 0 Å². The molecule has 0 amide bonds. The number of hydrogen-bond donors (Lipinski definition) is 1. The zero-order chi connectivity index (χ0) is 10.1. The Kier molecular flexibility index (Phi) is 2.41. The summed E-state index contributed by atoms with van der Waals surface area (Å²) in [6.07, 6.45) is 3.34. The number of likely N-dealkylation sites (N-methyl/N-ethyl adjacent to an activating group) is 1. The first kappa shape index (κ1) is 9.45. The summed E-state index contributed by atoms with van der Waals surface area (Å²) in [6.45, 7) is 0.0202. The van der Waals surface area contributed by atoms with Gasteiger partial charge in [0.05, 0.1) is 5.69 Å². The summed E-state index contributed by atoms with van der Waals surface area (Å²) in [5, 5.41) is 9.46. The molecule has 0 aromatic carbocycles. The summed E-state index contributed by atoms with van der Waals surface area (Å²) in [6, 6.07) is 0. The van der Waals surface area contributed by atoms with E-state index in [2.05, 4.69) is 4.98 Å². The Hall–Kier alpha value is -1.10. The van der Waals surface area contributed by atoms with Crippen LogP contribution >= 0.6 is 11.3 Å². The van der Waals surface area contributed by atoms with E-state index in [0.717, 1.165) is 18.0 Å². The Morgan fingerprint density at radius 1 is 1.64 bits per heavy atom. The largest absolute Gasteiger partial charge is 0.480 e. The first-order valence-corrected chi connectivity index (χ1v) is 5.40. The van der Waals surface area contributed by atoms with E-state index >= 15 is 0 Å². The summed E-state index contributed by atoms with van der Waals surface area (Å²) in [5.74, 6) is -0.817. The molecule has 0 spiro atoms. The third-order valence-electron chi connectivity index (χ3n) is 2.28. The highest BCUT2D eigenvalue weighted by atomic mass is 32.1. The highest BCUT2D eigenvalue weighted by Crippen LogP contribution is 2.31. The Bertz CT molecular complexity index is 340. The van der Waals surface area contributed by atoms with Gasteiger partial charge in [-0.3, -0.25) is 4.79 Å². The number of hydrogen-bond acceptors (Lipinski definition) is 4. The van der Waals surface area contributed by atoms with E-state index in [1.165, 1.54) is 17.0 Å². The molecule has 0 aliphatic heterocycles. The summed E-state index contributed by atoms with van der Waals surface area (Å²) in [4.78, 5) is 17.9. The first-order valence-electron chi connectivity index (χ1n) is 4.58. The van der Waals surface area contributed by atoms with Gasteiger partial charge in [0.1, 0.15) is 6.54 Å². The van der Waals surface area contributed by atoms with E-state index in [4.69, 9.17) is 5.11 Å². The second-order valence-electron chi connectivity index (χ2n) is 3.47. The van der Waals surface area contributed by atoms with Gasteiger partial charge < -0.3 is 10.0 Å². The molecule has 5 heteroatoms. The van der Waals surface area contributed by atoms with E-state index < -0.39 is 5.97 Å². The fraction of sp³-hybridized carbons (Fsp3) is 0.556. The normalized spacial score (nSPS) is 14.1. The van der Waals surface area contributed by atoms with Crippen LogP contribution in [-0.4, -0.2) is 29.7 Å². The maximum atomic E-state index is 10.5. The molecule has 0 fully saturated rings. The minimum atomic E-state index is -0.817. The van der Waals surface area contributed by atoms with Crippen molar-refractivity contribution < 1.29 is 9.90 Å². The van der Waals surface area contributed by atoms with Crippen LogP contribution in [0.4, 0.5) is 5.13 Å². The average Bonchev–Trinajstić information content (AvgIpc) is 2.58. The van der Waals surface area contributed by atoms with Crippen LogP contribution < -0.4 is 4.90 Å². The number of carboxylic acid groups (broad SMARTS) is 1. The number of aryl methyl sites for hydroxylation is 2. The molecule has 0 bridgehead atoms. The molecule has 0 unspecified atom stereocenters. The standard InChI is InChI=1S/C9H12N2O2S/c1-11(5-8(12)13)9-10-6-3-2-4-7(6)14-9/h2-5H2,1H3,(H,12,13). The van der Waals surface area contributed by atoms with Crippen LogP contribution in [0.5, 0.6) is 0 Å². The molecule has 1 aliphatic rings. The quantitative estimate of drug-likeness (QED) is 0.816. The number of carboxylic acids is 1. The lowest BCUT2D eigenvalue weighted by atomic mass is 10.4. The lowest BCUT2D eigenvalue weighted by Gasteiger charge is -2.11. The van der Waals surface area contributed by atoms with Gasteiger partial charge in [-0.1, -0.05) is 0 Å². The molecule has 1 aromatic rings.